The van der Waals surface area contributed by atoms with Gasteiger partial charge in [-0.25, -0.2) is 0 Å². The monoisotopic (exact) mass is 327 g/mol. The van der Waals surface area contributed by atoms with Crippen LogP contribution in [-0.2, 0) is 4.79 Å². The number of benzene rings is 1. The molecule has 1 aliphatic heterocycles. The van der Waals surface area contributed by atoms with Crippen LogP contribution < -0.4 is 15.8 Å². The summed E-state index contributed by atoms with van der Waals surface area (Å²) in [5, 5.41) is 3.17. The normalized spacial score (nSPS) is 20.2. The van der Waals surface area contributed by atoms with Crippen molar-refractivity contribution in [3.05, 3.63) is 28.7 Å². The Morgan fingerprint density at radius 2 is 2.21 bits per heavy atom. The lowest BCUT2D eigenvalue weighted by Crippen LogP contribution is -2.57. The van der Waals surface area contributed by atoms with Crippen molar-refractivity contribution in [3.8, 4) is 5.75 Å². The quantitative estimate of drug-likeness (QED) is 0.830. The molecule has 19 heavy (non-hydrogen) atoms. The van der Waals surface area contributed by atoms with Crippen LogP contribution in [0.1, 0.15) is 0 Å². The highest BCUT2D eigenvalue weighted by atomic mass is 79.9. The van der Waals surface area contributed by atoms with Gasteiger partial charge < -0.3 is 15.8 Å². The molecule has 0 spiro atoms. The first-order valence-corrected chi connectivity index (χ1v) is 7.08. The minimum absolute atomic E-state index is 0.234. The Morgan fingerprint density at radius 3 is 2.89 bits per heavy atom. The summed E-state index contributed by atoms with van der Waals surface area (Å²) in [5.74, 6) is 0.546. The lowest BCUT2D eigenvalue weighted by atomic mass is 10.2. The van der Waals surface area contributed by atoms with Gasteiger partial charge in [-0.05, 0) is 24.3 Å². The highest BCUT2D eigenvalue weighted by Crippen LogP contribution is 2.16. The predicted molar refractivity (Wildman–Crippen MR) is 77.1 cm³/mol. The molecular weight excluding hydrogens is 310 g/mol. The molecule has 1 aliphatic rings. The number of primary amides is 1. The van der Waals surface area contributed by atoms with Gasteiger partial charge in [-0.15, -0.1) is 0 Å². The molecule has 1 unspecified atom stereocenters. The molecule has 1 heterocycles. The average Bonchev–Trinajstić information content (AvgIpc) is 2.41. The van der Waals surface area contributed by atoms with Crippen molar-refractivity contribution < 1.29 is 9.53 Å². The zero-order chi connectivity index (χ0) is 13.7. The highest BCUT2D eigenvalue weighted by Gasteiger charge is 2.26. The van der Waals surface area contributed by atoms with E-state index in [2.05, 4.69) is 26.1 Å². The molecule has 5 nitrogen and oxygen atoms in total. The van der Waals surface area contributed by atoms with E-state index in [1.807, 2.05) is 24.3 Å². The maximum absolute atomic E-state index is 11.3. The SMILES string of the molecule is NC(=O)C1CNCCN1CCOc1ccc(Br)cc1. The molecule has 3 N–H and O–H groups in total. The molecule has 0 bridgehead atoms. The number of hydrogen-bond acceptors (Lipinski definition) is 4. The van der Waals surface area contributed by atoms with Crippen molar-refractivity contribution in [2.75, 3.05) is 32.8 Å². The fourth-order valence-electron chi connectivity index (χ4n) is 2.11. The number of nitrogens with two attached hydrogens (primary N) is 1. The summed E-state index contributed by atoms with van der Waals surface area (Å²) in [6.45, 7) is 3.56. The summed E-state index contributed by atoms with van der Waals surface area (Å²) >= 11 is 3.38. The van der Waals surface area contributed by atoms with Crippen molar-refractivity contribution in [1.82, 2.24) is 10.2 Å². The van der Waals surface area contributed by atoms with Crippen molar-refractivity contribution in [2.24, 2.45) is 5.73 Å². The Kier molecular flexibility index (Phi) is 5.18. The third-order valence-corrected chi connectivity index (χ3v) is 3.67. The number of halogens is 1. The van der Waals surface area contributed by atoms with Gasteiger partial charge in [0.15, 0.2) is 0 Å². The van der Waals surface area contributed by atoms with Crippen LogP contribution in [0.25, 0.3) is 0 Å². The zero-order valence-electron chi connectivity index (χ0n) is 10.6. The number of carbonyl (C=O) groups is 1. The first-order valence-electron chi connectivity index (χ1n) is 6.29. The third-order valence-electron chi connectivity index (χ3n) is 3.14. The van der Waals surface area contributed by atoms with Crippen LogP contribution in [0.4, 0.5) is 0 Å². The van der Waals surface area contributed by atoms with Crippen LogP contribution in [0.5, 0.6) is 5.75 Å². The fourth-order valence-corrected chi connectivity index (χ4v) is 2.37. The third kappa shape index (κ3) is 4.19. The van der Waals surface area contributed by atoms with E-state index in [9.17, 15) is 4.79 Å². The number of nitrogens with one attached hydrogen (secondary N) is 1. The molecule has 1 amide bonds. The Balaban J connectivity index is 1.80. The van der Waals surface area contributed by atoms with E-state index < -0.39 is 0 Å². The molecule has 2 rings (SSSR count). The molecule has 0 saturated carbocycles. The maximum atomic E-state index is 11.3. The largest absolute Gasteiger partial charge is 0.492 e. The van der Waals surface area contributed by atoms with Crippen molar-refractivity contribution in [3.63, 3.8) is 0 Å². The zero-order valence-corrected chi connectivity index (χ0v) is 12.2. The second-order valence-corrected chi connectivity index (χ2v) is 5.38. The van der Waals surface area contributed by atoms with Gasteiger partial charge in [-0.3, -0.25) is 9.69 Å². The molecule has 0 radical (unpaired) electrons. The molecule has 6 heteroatoms. The van der Waals surface area contributed by atoms with Gasteiger partial charge in [0.2, 0.25) is 5.91 Å². The Labute approximate surface area is 121 Å². The number of carbonyl (C=O) groups excluding carboxylic acids is 1. The molecule has 1 fully saturated rings. The summed E-state index contributed by atoms with van der Waals surface area (Å²) in [4.78, 5) is 13.4. The maximum Gasteiger partial charge on any atom is 0.236 e. The first-order chi connectivity index (χ1) is 9.16. The van der Waals surface area contributed by atoms with Gasteiger partial charge in [0.05, 0.1) is 0 Å². The molecule has 1 aromatic rings. The van der Waals surface area contributed by atoms with Crippen LogP contribution in [0.15, 0.2) is 28.7 Å². The number of piperazine rings is 1. The van der Waals surface area contributed by atoms with E-state index in [0.29, 0.717) is 19.7 Å². The minimum atomic E-state index is -0.282. The minimum Gasteiger partial charge on any atom is -0.492 e. The molecule has 0 aliphatic carbocycles. The number of hydrogen-bond donors (Lipinski definition) is 2. The highest BCUT2D eigenvalue weighted by molar-refractivity contribution is 9.10. The van der Waals surface area contributed by atoms with Crippen LogP contribution in [0.3, 0.4) is 0 Å². The van der Waals surface area contributed by atoms with Gasteiger partial charge in [0.25, 0.3) is 0 Å². The summed E-state index contributed by atoms with van der Waals surface area (Å²) < 4.78 is 6.68. The Bertz CT molecular complexity index is 424. The Hall–Kier alpha value is -1.11. The average molecular weight is 328 g/mol. The fraction of sp³-hybridized carbons (Fsp3) is 0.462. The molecular formula is C13H18BrN3O2. The smallest absolute Gasteiger partial charge is 0.236 e. The van der Waals surface area contributed by atoms with Crippen LogP contribution in [-0.4, -0.2) is 49.6 Å². The van der Waals surface area contributed by atoms with Gasteiger partial charge >= 0.3 is 0 Å². The summed E-state index contributed by atoms with van der Waals surface area (Å²) in [7, 11) is 0. The standard InChI is InChI=1S/C13H18BrN3O2/c14-10-1-3-11(4-2-10)19-8-7-17-6-5-16-9-12(17)13(15)18/h1-4,12,16H,5-9H2,(H2,15,18). The van der Waals surface area contributed by atoms with Crippen LogP contribution >= 0.6 is 15.9 Å². The summed E-state index contributed by atoms with van der Waals surface area (Å²) in [6, 6.07) is 7.46. The van der Waals surface area contributed by atoms with E-state index in [0.717, 1.165) is 23.3 Å². The lowest BCUT2D eigenvalue weighted by Gasteiger charge is -2.33. The predicted octanol–water partition coefficient (Wildman–Crippen LogP) is 0.587. The number of amides is 1. The topological polar surface area (TPSA) is 67.6 Å². The Morgan fingerprint density at radius 1 is 1.47 bits per heavy atom. The summed E-state index contributed by atoms with van der Waals surface area (Å²) in [5.41, 5.74) is 5.39. The van der Waals surface area contributed by atoms with E-state index in [1.54, 1.807) is 0 Å². The van der Waals surface area contributed by atoms with E-state index in [1.165, 1.54) is 0 Å². The first kappa shape index (κ1) is 14.3. The van der Waals surface area contributed by atoms with Crippen LogP contribution in [0.2, 0.25) is 0 Å². The van der Waals surface area contributed by atoms with Gasteiger partial charge in [0.1, 0.15) is 18.4 Å². The van der Waals surface area contributed by atoms with E-state index in [-0.39, 0.29) is 11.9 Å². The summed E-state index contributed by atoms with van der Waals surface area (Å²) in [6.07, 6.45) is 0. The van der Waals surface area contributed by atoms with Gasteiger partial charge in [-0.2, -0.15) is 0 Å². The van der Waals surface area contributed by atoms with Gasteiger partial charge in [0, 0.05) is 30.7 Å². The number of rotatable bonds is 5. The lowest BCUT2D eigenvalue weighted by molar-refractivity contribution is -0.123. The number of ether oxygens (including phenoxy) is 1. The molecule has 0 aromatic heterocycles. The van der Waals surface area contributed by atoms with Crippen molar-refractivity contribution >= 4 is 21.8 Å². The molecule has 1 atom stereocenters. The number of nitrogens with zero attached hydrogens (tertiary/aromatic N) is 1. The van der Waals surface area contributed by atoms with Crippen molar-refractivity contribution in [2.45, 2.75) is 6.04 Å². The van der Waals surface area contributed by atoms with E-state index >= 15 is 0 Å². The van der Waals surface area contributed by atoms with Crippen molar-refractivity contribution in [1.29, 1.82) is 0 Å². The second kappa shape index (κ2) is 6.88. The van der Waals surface area contributed by atoms with Crippen LogP contribution in [0, 0.1) is 0 Å². The molecule has 1 aromatic carbocycles. The molecule has 104 valence electrons. The second-order valence-electron chi connectivity index (χ2n) is 4.46. The molecule has 1 saturated heterocycles. The van der Waals surface area contributed by atoms with E-state index in [4.69, 9.17) is 10.5 Å². The van der Waals surface area contributed by atoms with Gasteiger partial charge in [-0.1, -0.05) is 15.9 Å².